The standard InChI is InChI=1S/C24H29N3O5/c1-2-31-23(29)21-18(25-24(30)26-22(21)20-9-6-12-32-20)14-27(19(15-28)17-10-11-17)13-16-7-4-3-5-8-16/h3-9,12,17,19,22,28H,2,10-11,13-15H2,1H3,(H2,25,26,30)/t19-,22-/m1/s1. The average Bonchev–Trinajstić information content (AvgIpc) is 3.46. The van der Waals surface area contributed by atoms with Gasteiger partial charge in [-0.3, -0.25) is 4.90 Å². The third kappa shape index (κ3) is 5.03. The SMILES string of the molecule is CCOC(=O)C1=C(CN(Cc2ccccc2)[C@H](CO)C2CC2)NC(=O)N[C@@H]1c1ccco1. The Labute approximate surface area is 187 Å². The van der Waals surface area contributed by atoms with Crippen molar-refractivity contribution >= 4 is 12.0 Å². The van der Waals surface area contributed by atoms with E-state index in [2.05, 4.69) is 15.5 Å². The number of carbonyl (C=O) groups excluding carboxylic acids is 2. The first-order chi connectivity index (χ1) is 15.6. The Bertz CT molecular complexity index is 953. The molecule has 0 bridgehead atoms. The van der Waals surface area contributed by atoms with Crippen molar-refractivity contribution in [2.24, 2.45) is 5.92 Å². The van der Waals surface area contributed by atoms with E-state index in [9.17, 15) is 14.7 Å². The van der Waals surface area contributed by atoms with Gasteiger partial charge in [-0.25, -0.2) is 9.59 Å². The van der Waals surface area contributed by atoms with Crippen molar-refractivity contribution in [1.82, 2.24) is 15.5 Å². The van der Waals surface area contributed by atoms with Crippen LogP contribution in [0.2, 0.25) is 0 Å². The minimum Gasteiger partial charge on any atom is -0.467 e. The number of esters is 1. The van der Waals surface area contributed by atoms with Crippen molar-refractivity contribution in [1.29, 1.82) is 0 Å². The smallest absolute Gasteiger partial charge is 0.338 e. The first-order valence-electron chi connectivity index (χ1n) is 11.0. The molecule has 1 aromatic heterocycles. The van der Waals surface area contributed by atoms with E-state index in [-0.39, 0.29) is 25.8 Å². The van der Waals surface area contributed by atoms with Gasteiger partial charge in [0.05, 0.1) is 25.1 Å². The highest BCUT2D eigenvalue weighted by Gasteiger charge is 2.39. The van der Waals surface area contributed by atoms with Crippen LogP contribution in [0.25, 0.3) is 0 Å². The predicted octanol–water partition coefficient (Wildman–Crippen LogP) is 2.72. The number of furan rings is 1. The fourth-order valence-electron chi connectivity index (χ4n) is 4.22. The largest absolute Gasteiger partial charge is 0.467 e. The molecule has 170 valence electrons. The summed E-state index contributed by atoms with van der Waals surface area (Å²) in [4.78, 5) is 27.6. The van der Waals surface area contributed by atoms with E-state index in [1.165, 1.54) is 6.26 Å². The van der Waals surface area contributed by atoms with Crippen LogP contribution in [0.3, 0.4) is 0 Å². The summed E-state index contributed by atoms with van der Waals surface area (Å²) in [7, 11) is 0. The number of ether oxygens (including phenoxy) is 1. The topological polar surface area (TPSA) is 104 Å². The van der Waals surface area contributed by atoms with Gasteiger partial charge in [0.25, 0.3) is 0 Å². The van der Waals surface area contributed by atoms with Crippen LogP contribution >= 0.6 is 0 Å². The van der Waals surface area contributed by atoms with Gasteiger partial charge in [-0.1, -0.05) is 30.3 Å². The van der Waals surface area contributed by atoms with Gasteiger partial charge >= 0.3 is 12.0 Å². The minimum atomic E-state index is -0.750. The van der Waals surface area contributed by atoms with Crippen molar-refractivity contribution in [3.8, 4) is 0 Å². The van der Waals surface area contributed by atoms with Crippen LogP contribution in [-0.2, 0) is 16.1 Å². The minimum absolute atomic E-state index is 0.00727. The normalized spacial score (nSPS) is 19.5. The summed E-state index contributed by atoms with van der Waals surface area (Å²) in [6.07, 6.45) is 3.62. The number of carbonyl (C=O) groups is 2. The maximum Gasteiger partial charge on any atom is 0.338 e. The highest BCUT2D eigenvalue weighted by molar-refractivity contribution is 5.95. The van der Waals surface area contributed by atoms with E-state index >= 15 is 0 Å². The number of nitrogens with one attached hydrogen (secondary N) is 2. The molecule has 3 N–H and O–H groups in total. The molecule has 2 atom stereocenters. The number of aliphatic hydroxyl groups excluding tert-OH is 1. The summed E-state index contributed by atoms with van der Waals surface area (Å²) >= 11 is 0. The summed E-state index contributed by atoms with van der Waals surface area (Å²) in [5.74, 6) is 0.340. The van der Waals surface area contributed by atoms with Gasteiger partial charge in [-0.2, -0.15) is 0 Å². The maximum atomic E-state index is 13.0. The molecule has 2 heterocycles. The third-order valence-corrected chi connectivity index (χ3v) is 5.89. The Hall–Kier alpha value is -3.10. The number of aliphatic hydroxyl groups is 1. The van der Waals surface area contributed by atoms with Crippen molar-refractivity contribution in [3.05, 3.63) is 71.3 Å². The monoisotopic (exact) mass is 439 g/mol. The van der Waals surface area contributed by atoms with Crippen LogP contribution in [0.5, 0.6) is 0 Å². The summed E-state index contributed by atoms with van der Waals surface area (Å²) in [5.41, 5.74) is 1.86. The molecule has 2 aromatic rings. The van der Waals surface area contributed by atoms with Gasteiger partial charge in [-0.05, 0) is 43.4 Å². The lowest BCUT2D eigenvalue weighted by atomic mass is 9.99. The van der Waals surface area contributed by atoms with Gasteiger partial charge in [0, 0.05) is 24.8 Å². The lowest BCUT2D eigenvalue weighted by Gasteiger charge is -2.35. The Kier molecular flexibility index (Phi) is 6.92. The van der Waals surface area contributed by atoms with Crippen molar-refractivity contribution < 1.29 is 23.8 Å². The second-order valence-corrected chi connectivity index (χ2v) is 8.14. The molecule has 0 unspecified atom stereocenters. The van der Waals surface area contributed by atoms with Crippen LogP contribution in [0.15, 0.2) is 64.4 Å². The quantitative estimate of drug-likeness (QED) is 0.492. The third-order valence-electron chi connectivity index (χ3n) is 5.89. The molecule has 1 saturated carbocycles. The molecule has 0 radical (unpaired) electrons. The van der Waals surface area contributed by atoms with Crippen LogP contribution in [0.4, 0.5) is 4.79 Å². The molecule has 2 amide bonds. The molecule has 0 spiro atoms. The highest BCUT2D eigenvalue weighted by atomic mass is 16.5. The Morgan fingerprint density at radius 1 is 1.22 bits per heavy atom. The number of hydrogen-bond donors (Lipinski definition) is 3. The molecule has 1 aromatic carbocycles. The molecular weight excluding hydrogens is 410 g/mol. The van der Waals surface area contributed by atoms with Gasteiger partial charge in [-0.15, -0.1) is 0 Å². The fraction of sp³-hybridized carbons (Fsp3) is 0.417. The van der Waals surface area contributed by atoms with Crippen LogP contribution in [-0.4, -0.2) is 47.8 Å². The fourth-order valence-corrected chi connectivity index (χ4v) is 4.22. The number of rotatable bonds is 10. The van der Waals surface area contributed by atoms with E-state index in [1.807, 2.05) is 30.3 Å². The molecule has 1 fully saturated rings. The number of benzene rings is 1. The maximum absolute atomic E-state index is 13.0. The van der Waals surface area contributed by atoms with Gasteiger partial charge < -0.3 is 24.9 Å². The lowest BCUT2D eigenvalue weighted by molar-refractivity contribution is -0.139. The van der Waals surface area contributed by atoms with E-state index in [0.29, 0.717) is 29.5 Å². The number of urea groups is 1. The second-order valence-electron chi connectivity index (χ2n) is 8.14. The molecule has 2 aliphatic rings. The molecule has 4 rings (SSSR count). The summed E-state index contributed by atoms with van der Waals surface area (Å²) in [5, 5.41) is 15.7. The Morgan fingerprint density at radius 2 is 2.00 bits per heavy atom. The molecular formula is C24H29N3O5. The summed E-state index contributed by atoms with van der Waals surface area (Å²) in [6, 6.07) is 12.2. The van der Waals surface area contributed by atoms with E-state index in [0.717, 1.165) is 18.4 Å². The van der Waals surface area contributed by atoms with Crippen molar-refractivity contribution in [3.63, 3.8) is 0 Å². The van der Waals surface area contributed by atoms with E-state index in [4.69, 9.17) is 9.15 Å². The zero-order valence-electron chi connectivity index (χ0n) is 18.1. The molecule has 0 saturated heterocycles. The number of amides is 2. The van der Waals surface area contributed by atoms with E-state index < -0.39 is 18.0 Å². The van der Waals surface area contributed by atoms with E-state index in [1.54, 1.807) is 19.1 Å². The summed E-state index contributed by atoms with van der Waals surface area (Å²) in [6.45, 7) is 2.83. The second kappa shape index (κ2) is 10.0. The van der Waals surface area contributed by atoms with Crippen LogP contribution in [0.1, 0.15) is 37.1 Å². The van der Waals surface area contributed by atoms with Crippen molar-refractivity contribution in [2.75, 3.05) is 19.8 Å². The van der Waals surface area contributed by atoms with Crippen LogP contribution < -0.4 is 10.6 Å². The van der Waals surface area contributed by atoms with Crippen molar-refractivity contribution in [2.45, 2.75) is 38.4 Å². The Morgan fingerprint density at radius 3 is 2.62 bits per heavy atom. The molecule has 1 aliphatic heterocycles. The van der Waals surface area contributed by atoms with Gasteiger partial charge in [0.2, 0.25) is 0 Å². The average molecular weight is 440 g/mol. The Balaban J connectivity index is 1.71. The first-order valence-corrected chi connectivity index (χ1v) is 11.0. The molecule has 8 heteroatoms. The van der Waals surface area contributed by atoms with Crippen LogP contribution in [0, 0.1) is 5.92 Å². The zero-order valence-corrected chi connectivity index (χ0v) is 18.1. The molecule has 1 aliphatic carbocycles. The molecule has 8 nitrogen and oxygen atoms in total. The highest BCUT2D eigenvalue weighted by Crippen LogP contribution is 2.37. The van der Waals surface area contributed by atoms with Gasteiger partial charge in [0.1, 0.15) is 11.8 Å². The van der Waals surface area contributed by atoms with Gasteiger partial charge in [0.15, 0.2) is 0 Å². The number of hydrogen-bond acceptors (Lipinski definition) is 6. The number of nitrogens with zero attached hydrogens (tertiary/aromatic N) is 1. The predicted molar refractivity (Wildman–Crippen MR) is 117 cm³/mol. The lowest BCUT2D eigenvalue weighted by Crippen LogP contribution is -2.50. The zero-order chi connectivity index (χ0) is 22.5. The molecule has 32 heavy (non-hydrogen) atoms. The summed E-state index contributed by atoms with van der Waals surface area (Å²) < 4.78 is 10.8. The first kappa shape index (κ1) is 22.1.